The van der Waals surface area contributed by atoms with E-state index in [0.717, 1.165) is 18.0 Å². The smallest absolute Gasteiger partial charge is 0.181 e. The molecule has 0 N–H and O–H groups in total. The number of hydrogen-bond donors (Lipinski definition) is 0. The van der Waals surface area contributed by atoms with Gasteiger partial charge in [-0.3, -0.25) is 0 Å². The van der Waals surface area contributed by atoms with Crippen molar-refractivity contribution >= 4 is 6.08 Å². The Labute approximate surface area is 59.0 Å². The number of rotatable bonds is 0. The SMILES string of the molecule is CN1C=Cc2ncoc2C1. The van der Waals surface area contributed by atoms with Gasteiger partial charge in [0.1, 0.15) is 5.69 Å². The normalized spacial score (nSPS) is 15.5. The van der Waals surface area contributed by atoms with Crippen LogP contribution < -0.4 is 0 Å². The minimum atomic E-state index is 0.825. The van der Waals surface area contributed by atoms with E-state index in [2.05, 4.69) is 4.98 Å². The maximum absolute atomic E-state index is 5.12. The molecule has 0 spiro atoms. The summed E-state index contributed by atoms with van der Waals surface area (Å²) in [4.78, 5) is 6.06. The summed E-state index contributed by atoms with van der Waals surface area (Å²) in [6.45, 7) is 0.825. The average Bonchev–Trinajstić information content (AvgIpc) is 2.33. The number of aromatic nitrogens is 1. The Kier molecular flexibility index (Phi) is 1.03. The second-order valence-corrected chi connectivity index (χ2v) is 2.39. The van der Waals surface area contributed by atoms with Crippen LogP contribution in [0.5, 0.6) is 0 Å². The monoisotopic (exact) mass is 136 g/mol. The lowest BCUT2D eigenvalue weighted by Crippen LogP contribution is -2.13. The molecule has 0 bridgehead atoms. The van der Waals surface area contributed by atoms with E-state index in [1.807, 2.05) is 24.2 Å². The molecule has 0 atom stereocenters. The Morgan fingerprint density at radius 1 is 1.70 bits per heavy atom. The molecule has 52 valence electrons. The van der Waals surface area contributed by atoms with E-state index in [0.29, 0.717) is 0 Å². The Balaban J connectivity index is 2.43. The molecule has 0 fully saturated rings. The van der Waals surface area contributed by atoms with Crippen molar-refractivity contribution < 1.29 is 4.42 Å². The van der Waals surface area contributed by atoms with Crippen molar-refractivity contribution in [3.63, 3.8) is 0 Å². The van der Waals surface area contributed by atoms with Gasteiger partial charge in [0.2, 0.25) is 0 Å². The van der Waals surface area contributed by atoms with Crippen molar-refractivity contribution in [3.05, 3.63) is 24.0 Å². The molecule has 1 aliphatic heterocycles. The summed E-state index contributed by atoms with van der Waals surface area (Å²) in [6.07, 6.45) is 5.42. The van der Waals surface area contributed by atoms with Gasteiger partial charge in [0.25, 0.3) is 0 Å². The number of nitrogens with zero attached hydrogens (tertiary/aromatic N) is 2. The van der Waals surface area contributed by atoms with Crippen LogP contribution in [-0.2, 0) is 6.54 Å². The predicted octanol–water partition coefficient (Wildman–Crippen LogP) is 1.09. The lowest BCUT2D eigenvalue weighted by Gasteiger charge is -2.15. The first-order valence-electron chi connectivity index (χ1n) is 3.17. The van der Waals surface area contributed by atoms with E-state index >= 15 is 0 Å². The Morgan fingerprint density at radius 3 is 3.50 bits per heavy atom. The minimum absolute atomic E-state index is 0.825. The van der Waals surface area contributed by atoms with Gasteiger partial charge in [0, 0.05) is 13.2 Å². The molecule has 0 aliphatic carbocycles. The second-order valence-electron chi connectivity index (χ2n) is 2.39. The fourth-order valence-corrected chi connectivity index (χ4v) is 1.01. The topological polar surface area (TPSA) is 29.3 Å². The van der Waals surface area contributed by atoms with Crippen LogP contribution in [0, 0.1) is 0 Å². The fourth-order valence-electron chi connectivity index (χ4n) is 1.01. The summed E-state index contributed by atoms with van der Waals surface area (Å²) < 4.78 is 5.12. The van der Waals surface area contributed by atoms with E-state index in [9.17, 15) is 0 Å². The number of oxazole rings is 1. The Hall–Kier alpha value is -1.25. The van der Waals surface area contributed by atoms with Crippen LogP contribution in [0.1, 0.15) is 11.5 Å². The molecule has 2 rings (SSSR count). The first kappa shape index (κ1) is 5.53. The standard InChI is InChI=1S/C7H8N2O/c1-9-3-2-6-7(4-9)10-5-8-6/h2-3,5H,4H2,1H3. The molecule has 0 amide bonds. The van der Waals surface area contributed by atoms with E-state index in [4.69, 9.17) is 4.42 Å². The third-order valence-corrected chi connectivity index (χ3v) is 1.55. The molecular formula is C7H8N2O. The van der Waals surface area contributed by atoms with Crippen molar-refractivity contribution in [3.8, 4) is 0 Å². The number of fused-ring (bicyclic) bond motifs is 1. The second kappa shape index (κ2) is 1.87. The summed E-state index contributed by atoms with van der Waals surface area (Å²) in [5.41, 5.74) is 0.957. The van der Waals surface area contributed by atoms with Gasteiger partial charge in [-0.25, -0.2) is 4.98 Å². The van der Waals surface area contributed by atoms with Gasteiger partial charge >= 0.3 is 0 Å². The van der Waals surface area contributed by atoms with Gasteiger partial charge in [-0.1, -0.05) is 0 Å². The average molecular weight is 136 g/mol. The summed E-state index contributed by atoms with van der Waals surface area (Å²) in [7, 11) is 2.00. The zero-order valence-electron chi connectivity index (χ0n) is 5.74. The van der Waals surface area contributed by atoms with Crippen LogP contribution in [0.15, 0.2) is 17.0 Å². The molecular weight excluding hydrogens is 128 g/mol. The van der Waals surface area contributed by atoms with Crippen LogP contribution in [0.4, 0.5) is 0 Å². The molecule has 0 saturated carbocycles. The molecule has 3 nitrogen and oxygen atoms in total. The number of hydrogen-bond acceptors (Lipinski definition) is 3. The van der Waals surface area contributed by atoms with Gasteiger partial charge in [-0.15, -0.1) is 0 Å². The van der Waals surface area contributed by atoms with E-state index in [1.54, 1.807) is 0 Å². The van der Waals surface area contributed by atoms with Gasteiger partial charge in [0.05, 0.1) is 6.54 Å². The zero-order valence-corrected chi connectivity index (χ0v) is 5.74. The van der Waals surface area contributed by atoms with Crippen molar-refractivity contribution in [2.75, 3.05) is 7.05 Å². The maximum atomic E-state index is 5.12. The molecule has 0 unspecified atom stereocenters. The molecule has 10 heavy (non-hydrogen) atoms. The first-order valence-corrected chi connectivity index (χ1v) is 3.17. The van der Waals surface area contributed by atoms with Crippen LogP contribution in [0.3, 0.4) is 0 Å². The molecule has 1 aromatic heterocycles. The highest BCUT2D eigenvalue weighted by molar-refractivity contribution is 5.47. The Morgan fingerprint density at radius 2 is 2.60 bits per heavy atom. The lowest BCUT2D eigenvalue weighted by atomic mass is 10.2. The minimum Gasteiger partial charge on any atom is -0.446 e. The summed E-state index contributed by atoms with van der Waals surface area (Å²) in [5, 5.41) is 0. The molecule has 2 heterocycles. The summed E-state index contributed by atoms with van der Waals surface area (Å²) in [6, 6.07) is 0. The summed E-state index contributed by atoms with van der Waals surface area (Å²) in [5.74, 6) is 0.949. The quantitative estimate of drug-likeness (QED) is 0.534. The molecule has 0 aromatic carbocycles. The highest BCUT2D eigenvalue weighted by Crippen LogP contribution is 2.15. The third-order valence-electron chi connectivity index (χ3n) is 1.55. The third kappa shape index (κ3) is 0.708. The molecule has 1 aromatic rings. The van der Waals surface area contributed by atoms with Crippen LogP contribution >= 0.6 is 0 Å². The van der Waals surface area contributed by atoms with Crippen molar-refractivity contribution in [2.45, 2.75) is 6.54 Å². The van der Waals surface area contributed by atoms with Gasteiger partial charge in [-0.2, -0.15) is 0 Å². The van der Waals surface area contributed by atoms with Crippen LogP contribution in [0.25, 0.3) is 6.08 Å². The zero-order chi connectivity index (χ0) is 6.97. The van der Waals surface area contributed by atoms with Gasteiger partial charge in [0.15, 0.2) is 12.2 Å². The van der Waals surface area contributed by atoms with Crippen LogP contribution in [-0.4, -0.2) is 16.9 Å². The van der Waals surface area contributed by atoms with Crippen LogP contribution in [0.2, 0.25) is 0 Å². The summed E-state index contributed by atoms with van der Waals surface area (Å²) >= 11 is 0. The van der Waals surface area contributed by atoms with Crippen molar-refractivity contribution in [1.29, 1.82) is 0 Å². The largest absolute Gasteiger partial charge is 0.446 e. The van der Waals surface area contributed by atoms with E-state index < -0.39 is 0 Å². The Bertz CT molecular complexity index is 264. The highest BCUT2D eigenvalue weighted by Gasteiger charge is 2.10. The van der Waals surface area contributed by atoms with Gasteiger partial charge < -0.3 is 9.32 Å². The molecule has 0 radical (unpaired) electrons. The van der Waals surface area contributed by atoms with Gasteiger partial charge in [-0.05, 0) is 6.08 Å². The maximum Gasteiger partial charge on any atom is 0.181 e. The molecule has 3 heteroatoms. The van der Waals surface area contributed by atoms with Crippen molar-refractivity contribution in [1.82, 2.24) is 9.88 Å². The predicted molar refractivity (Wildman–Crippen MR) is 37.0 cm³/mol. The lowest BCUT2D eigenvalue weighted by molar-refractivity contribution is 0.377. The molecule has 1 aliphatic rings. The van der Waals surface area contributed by atoms with Crippen molar-refractivity contribution in [2.24, 2.45) is 0 Å². The van der Waals surface area contributed by atoms with E-state index in [-0.39, 0.29) is 0 Å². The fraction of sp³-hybridized carbons (Fsp3) is 0.286. The highest BCUT2D eigenvalue weighted by atomic mass is 16.3. The first-order chi connectivity index (χ1) is 4.86. The molecule has 0 saturated heterocycles. The van der Waals surface area contributed by atoms with E-state index in [1.165, 1.54) is 6.39 Å².